The van der Waals surface area contributed by atoms with E-state index in [-0.39, 0.29) is 0 Å². The number of aromatic nitrogens is 2. The Morgan fingerprint density at radius 1 is 1.39 bits per heavy atom. The molecule has 0 unspecified atom stereocenters. The summed E-state index contributed by atoms with van der Waals surface area (Å²) >= 11 is 3.29. The van der Waals surface area contributed by atoms with E-state index in [2.05, 4.69) is 45.3 Å². The van der Waals surface area contributed by atoms with Crippen LogP contribution in [-0.2, 0) is 6.42 Å². The van der Waals surface area contributed by atoms with Crippen LogP contribution in [0.3, 0.4) is 0 Å². The van der Waals surface area contributed by atoms with Crippen LogP contribution in [0.15, 0.2) is 25.8 Å². The van der Waals surface area contributed by atoms with E-state index < -0.39 is 0 Å². The third-order valence-corrected chi connectivity index (χ3v) is 3.05. The van der Waals surface area contributed by atoms with Gasteiger partial charge < -0.3 is 14.2 Å². The first kappa shape index (κ1) is 13.3. The summed E-state index contributed by atoms with van der Waals surface area (Å²) in [7, 11) is 0. The molecule has 1 N–H and O–H groups in total. The monoisotopic (exact) mass is 313 g/mol. The van der Waals surface area contributed by atoms with Crippen LogP contribution >= 0.6 is 15.9 Å². The zero-order valence-electron chi connectivity index (χ0n) is 10.4. The molecule has 0 amide bonds. The second kappa shape index (κ2) is 6.15. The molecule has 2 aromatic heterocycles. The van der Waals surface area contributed by atoms with Crippen molar-refractivity contribution >= 4 is 15.9 Å². The van der Waals surface area contributed by atoms with Crippen molar-refractivity contribution in [3.8, 4) is 11.5 Å². The molecular weight excluding hydrogens is 298 g/mol. The molecule has 2 aromatic rings. The Morgan fingerprint density at radius 3 is 2.89 bits per heavy atom. The van der Waals surface area contributed by atoms with E-state index in [0.717, 1.165) is 24.9 Å². The molecule has 0 spiro atoms. The fourth-order valence-corrected chi connectivity index (χ4v) is 1.95. The fourth-order valence-electron chi connectivity index (χ4n) is 1.54. The third kappa shape index (κ3) is 3.43. The predicted molar refractivity (Wildman–Crippen MR) is 71.2 cm³/mol. The average molecular weight is 314 g/mol. The van der Waals surface area contributed by atoms with Gasteiger partial charge in [0.15, 0.2) is 4.67 Å². The molecule has 0 saturated carbocycles. The summed E-state index contributed by atoms with van der Waals surface area (Å²) in [5.41, 5.74) is 0.786. The van der Waals surface area contributed by atoms with Crippen LogP contribution in [-0.4, -0.2) is 22.8 Å². The molecule has 2 heterocycles. The minimum Gasteiger partial charge on any atom is -0.457 e. The Morgan fingerprint density at radius 2 is 2.22 bits per heavy atom. The molecule has 98 valence electrons. The molecule has 0 radical (unpaired) electrons. The SMILES string of the molecule is CC(C)NCCCc1nnc(-c2ccoc2Br)o1. The smallest absolute Gasteiger partial charge is 0.252 e. The number of nitrogens with zero attached hydrogens (tertiary/aromatic N) is 2. The lowest BCUT2D eigenvalue weighted by atomic mass is 10.3. The molecule has 0 bridgehead atoms. The highest BCUT2D eigenvalue weighted by atomic mass is 79.9. The largest absolute Gasteiger partial charge is 0.457 e. The van der Waals surface area contributed by atoms with E-state index in [9.17, 15) is 0 Å². The Labute approximate surface area is 114 Å². The average Bonchev–Trinajstić information content (AvgIpc) is 2.92. The third-order valence-electron chi connectivity index (χ3n) is 2.44. The maximum atomic E-state index is 5.58. The molecule has 5 nitrogen and oxygen atoms in total. The number of nitrogens with one attached hydrogen (secondary N) is 1. The number of halogens is 1. The highest BCUT2D eigenvalue weighted by Crippen LogP contribution is 2.28. The molecule has 0 aromatic carbocycles. The van der Waals surface area contributed by atoms with Crippen molar-refractivity contribution in [1.29, 1.82) is 0 Å². The molecule has 18 heavy (non-hydrogen) atoms. The zero-order valence-corrected chi connectivity index (χ0v) is 12.0. The van der Waals surface area contributed by atoms with Gasteiger partial charge in [0.25, 0.3) is 5.89 Å². The first-order valence-corrected chi connectivity index (χ1v) is 6.75. The lowest BCUT2D eigenvalue weighted by Gasteiger charge is -2.05. The number of rotatable bonds is 6. The Balaban J connectivity index is 1.89. The Hall–Kier alpha value is -1.14. The van der Waals surface area contributed by atoms with Crippen molar-refractivity contribution in [2.24, 2.45) is 0 Å². The van der Waals surface area contributed by atoms with E-state index in [4.69, 9.17) is 8.83 Å². The van der Waals surface area contributed by atoms with Crippen LogP contribution < -0.4 is 5.32 Å². The quantitative estimate of drug-likeness (QED) is 0.830. The number of hydrogen-bond acceptors (Lipinski definition) is 5. The Bertz CT molecular complexity index is 493. The van der Waals surface area contributed by atoms with Gasteiger partial charge in [-0.2, -0.15) is 0 Å². The number of furan rings is 1. The van der Waals surface area contributed by atoms with Gasteiger partial charge in [0.1, 0.15) is 0 Å². The molecule has 0 atom stereocenters. The molecule has 0 aliphatic rings. The highest BCUT2D eigenvalue weighted by molar-refractivity contribution is 9.10. The van der Waals surface area contributed by atoms with Crippen LogP contribution in [0.25, 0.3) is 11.5 Å². The molecule has 0 aliphatic heterocycles. The van der Waals surface area contributed by atoms with Gasteiger partial charge in [-0.15, -0.1) is 10.2 Å². The van der Waals surface area contributed by atoms with Gasteiger partial charge >= 0.3 is 0 Å². The van der Waals surface area contributed by atoms with Gasteiger partial charge in [0.05, 0.1) is 11.8 Å². The van der Waals surface area contributed by atoms with E-state index >= 15 is 0 Å². The molecule has 0 saturated heterocycles. The van der Waals surface area contributed by atoms with Crippen molar-refractivity contribution in [2.45, 2.75) is 32.7 Å². The molecule has 0 fully saturated rings. The van der Waals surface area contributed by atoms with Gasteiger partial charge in [-0.1, -0.05) is 13.8 Å². The maximum absolute atomic E-state index is 5.58. The fraction of sp³-hybridized carbons (Fsp3) is 0.500. The maximum Gasteiger partial charge on any atom is 0.252 e. The second-order valence-corrected chi connectivity index (χ2v) is 5.04. The molecule has 6 heteroatoms. The molecule has 2 rings (SSSR count). The van der Waals surface area contributed by atoms with Crippen LogP contribution in [0.5, 0.6) is 0 Å². The summed E-state index contributed by atoms with van der Waals surface area (Å²) in [6.45, 7) is 5.20. The summed E-state index contributed by atoms with van der Waals surface area (Å²) in [5.74, 6) is 1.14. The van der Waals surface area contributed by atoms with Crippen molar-refractivity contribution in [3.05, 3.63) is 22.9 Å². The molecular formula is C12H16BrN3O2. The standard InChI is InChI=1S/C12H16BrN3O2/c1-8(2)14-6-3-4-10-15-16-12(18-10)9-5-7-17-11(9)13/h5,7-8,14H,3-4,6H2,1-2H3. The summed E-state index contributed by atoms with van der Waals surface area (Å²) < 4.78 is 11.3. The lowest BCUT2D eigenvalue weighted by molar-refractivity contribution is 0.482. The topological polar surface area (TPSA) is 64.1 Å². The van der Waals surface area contributed by atoms with Crippen molar-refractivity contribution in [3.63, 3.8) is 0 Å². The van der Waals surface area contributed by atoms with Gasteiger partial charge in [-0.3, -0.25) is 0 Å². The summed E-state index contributed by atoms with van der Waals surface area (Å²) in [5, 5.41) is 11.4. The van der Waals surface area contributed by atoms with Crippen LogP contribution in [0.4, 0.5) is 0 Å². The lowest BCUT2D eigenvalue weighted by Crippen LogP contribution is -2.23. The first-order chi connectivity index (χ1) is 8.66. The van der Waals surface area contributed by atoms with Gasteiger partial charge in [-0.05, 0) is 35.0 Å². The van der Waals surface area contributed by atoms with Gasteiger partial charge in [0, 0.05) is 12.5 Å². The Kier molecular flexibility index (Phi) is 4.54. The van der Waals surface area contributed by atoms with E-state index in [1.807, 2.05) is 0 Å². The van der Waals surface area contributed by atoms with Gasteiger partial charge in [-0.25, -0.2) is 0 Å². The van der Waals surface area contributed by atoms with E-state index in [1.165, 1.54) is 0 Å². The normalized spacial score (nSPS) is 11.3. The minimum absolute atomic E-state index is 0.488. The summed E-state index contributed by atoms with van der Waals surface area (Å²) in [4.78, 5) is 0. The summed E-state index contributed by atoms with van der Waals surface area (Å²) in [6.07, 6.45) is 3.34. The summed E-state index contributed by atoms with van der Waals surface area (Å²) in [6, 6.07) is 2.30. The highest BCUT2D eigenvalue weighted by Gasteiger charge is 2.13. The van der Waals surface area contributed by atoms with Crippen molar-refractivity contribution in [1.82, 2.24) is 15.5 Å². The van der Waals surface area contributed by atoms with Gasteiger partial charge in [0.2, 0.25) is 5.89 Å². The number of hydrogen-bond donors (Lipinski definition) is 1. The van der Waals surface area contributed by atoms with Crippen molar-refractivity contribution < 1.29 is 8.83 Å². The molecule has 0 aliphatic carbocycles. The predicted octanol–water partition coefficient (Wildman–Crippen LogP) is 3.02. The number of aryl methyl sites for hydroxylation is 1. The van der Waals surface area contributed by atoms with E-state index in [1.54, 1.807) is 12.3 Å². The van der Waals surface area contributed by atoms with Crippen LogP contribution in [0.1, 0.15) is 26.2 Å². The van der Waals surface area contributed by atoms with Crippen LogP contribution in [0, 0.1) is 0 Å². The minimum atomic E-state index is 0.488. The van der Waals surface area contributed by atoms with E-state index in [0.29, 0.717) is 22.5 Å². The van der Waals surface area contributed by atoms with Crippen molar-refractivity contribution in [2.75, 3.05) is 6.54 Å². The van der Waals surface area contributed by atoms with Crippen LogP contribution in [0.2, 0.25) is 0 Å². The zero-order chi connectivity index (χ0) is 13.0. The second-order valence-electron chi connectivity index (χ2n) is 4.32. The first-order valence-electron chi connectivity index (χ1n) is 5.96.